The fourth-order valence-electron chi connectivity index (χ4n) is 2.47. The van der Waals surface area contributed by atoms with Crippen LogP contribution in [0.2, 0.25) is 0 Å². The van der Waals surface area contributed by atoms with Crippen molar-refractivity contribution in [3.63, 3.8) is 0 Å². The van der Waals surface area contributed by atoms with Crippen molar-refractivity contribution in [1.82, 2.24) is 4.90 Å². The first-order chi connectivity index (χ1) is 9.36. The molecule has 4 heteroatoms. The average Bonchev–Trinajstić information content (AvgIpc) is 2.97. The molecule has 109 valence electrons. The molecule has 2 fully saturated rings. The SMILES string of the molecule is CCC[C@H]1C(=O)O[C@H]([C]2[CH][CH][CH][CH]2)N1C(=O)C(C)(C)C. The highest BCUT2D eigenvalue weighted by molar-refractivity contribution is 5.90. The molecule has 2 aliphatic rings. The number of rotatable bonds is 3. The summed E-state index contributed by atoms with van der Waals surface area (Å²) in [6.45, 7) is 7.60. The Labute approximate surface area is 121 Å². The van der Waals surface area contributed by atoms with Crippen molar-refractivity contribution in [2.75, 3.05) is 0 Å². The molecule has 1 saturated carbocycles. The molecule has 4 nitrogen and oxygen atoms in total. The van der Waals surface area contributed by atoms with E-state index in [-0.39, 0.29) is 11.9 Å². The van der Waals surface area contributed by atoms with E-state index in [4.69, 9.17) is 4.74 Å². The zero-order valence-electron chi connectivity index (χ0n) is 12.6. The number of ether oxygens (including phenoxy) is 1. The Morgan fingerprint density at radius 1 is 1.30 bits per heavy atom. The number of carbonyl (C=O) groups excluding carboxylic acids is 2. The molecule has 0 aromatic rings. The summed E-state index contributed by atoms with van der Waals surface area (Å²) in [7, 11) is 0. The second-order valence-corrected chi connectivity index (χ2v) is 6.27. The molecule has 1 saturated heterocycles. The maximum atomic E-state index is 12.7. The van der Waals surface area contributed by atoms with Gasteiger partial charge in [-0.15, -0.1) is 0 Å². The Balaban J connectivity index is 2.26. The van der Waals surface area contributed by atoms with Gasteiger partial charge < -0.3 is 4.74 Å². The van der Waals surface area contributed by atoms with Gasteiger partial charge in [-0.2, -0.15) is 0 Å². The monoisotopic (exact) mass is 276 g/mol. The van der Waals surface area contributed by atoms with E-state index in [1.807, 2.05) is 53.4 Å². The van der Waals surface area contributed by atoms with E-state index in [1.54, 1.807) is 4.90 Å². The van der Waals surface area contributed by atoms with E-state index >= 15 is 0 Å². The lowest BCUT2D eigenvalue weighted by Gasteiger charge is -2.33. The third-order valence-corrected chi connectivity index (χ3v) is 3.50. The van der Waals surface area contributed by atoms with Crippen LogP contribution in [-0.4, -0.2) is 29.0 Å². The molecule has 0 bridgehead atoms. The van der Waals surface area contributed by atoms with Crippen molar-refractivity contribution >= 4 is 11.9 Å². The van der Waals surface area contributed by atoms with Crippen LogP contribution in [0.25, 0.3) is 0 Å². The Kier molecular flexibility index (Phi) is 4.40. The Morgan fingerprint density at radius 3 is 2.40 bits per heavy atom. The second-order valence-electron chi connectivity index (χ2n) is 6.27. The van der Waals surface area contributed by atoms with Gasteiger partial charge in [0.1, 0.15) is 6.04 Å². The number of esters is 1. The van der Waals surface area contributed by atoms with Gasteiger partial charge in [0.25, 0.3) is 0 Å². The summed E-state index contributed by atoms with van der Waals surface area (Å²) in [5.41, 5.74) is -0.537. The van der Waals surface area contributed by atoms with Gasteiger partial charge in [0.15, 0.2) is 6.23 Å². The van der Waals surface area contributed by atoms with Crippen LogP contribution >= 0.6 is 0 Å². The topological polar surface area (TPSA) is 46.6 Å². The van der Waals surface area contributed by atoms with Crippen LogP contribution in [0.5, 0.6) is 0 Å². The average molecular weight is 276 g/mol. The second kappa shape index (κ2) is 5.74. The summed E-state index contributed by atoms with van der Waals surface area (Å²) in [6.07, 6.45) is 8.43. The van der Waals surface area contributed by atoms with Crippen LogP contribution in [0.4, 0.5) is 0 Å². The van der Waals surface area contributed by atoms with Crippen LogP contribution in [-0.2, 0) is 14.3 Å². The van der Waals surface area contributed by atoms with Gasteiger partial charge >= 0.3 is 5.97 Å². The number of carbonyl (C=O) groups is 2. The predicted octanol–water partition coefficient (Wildman–Crippen LogP) is 2.32. The fraction of sp³-hybridized carbons (Fsp3) is 0.562. The molecule has 5 radical (unpaired) electrons. The van der Waals surface area contributed by atoms with Crippen molar-refractivity contribution < 1.29 is 14.3 Å². The van der Waals surface area contributed by atoms with Crippen molar-refractivity contribution in [2.45, 2.75) is 52.8 Å². The minimum Gasteiger partial charge on any atom is -0.439 e. The lowest BCUT2D eigenvalue weighted by Crippen LogP contribution is -2.49. The molecule has 0 N–H and O–H groups in total. The first kappa shape index (κ1) is 15.3. The van der Waals surface area contributed by atoms with Crippen LogP contribution in [0.15, 0.2) is 0 Å². The number of hydrogen-bond acceptors (Lipinski definition) is 3. The molecule has 2 rings (SSSR count). The standard InChI is InChI=1S/C16H22NO3/c1-5-8-12-14(18)20-13(11-9-6-7-10-11)17(12)15(19)16(2,3)4/h6-7,9-10,12-13H,5,8H2,1-4H3/t12-,13+/m0/s1. The van der Waals surface area contributed by atoms with Crippen molar-refractivity contribution in [2.24, 2.45) is 5.41 Å². The maximum absolute atomic E-state index is 12.7. The quantitative estimate of drug-likeness (QED) is 0.743. The van der Waals surface area contributed by atoms with E-state index in [2.05, 4.69) is 0 Å². The lowest BCUT2D eigenvalue weighted by atomic mass is 9.92. The molecular weight excluding hydrogens is 254 g/mol. The molecule has 0 aromatic heterocycles. The first-order valence-corrected chi connectivity index (χ1v) is 7.11. The number of cyclic esters (lactones) is 1. The molecular formula is C16H22NO3. The number of nitrogens with zero attached hydrogens (tertiary/aromatic N) is 1. The normalized spacial score (nSPS) is 28.0. The van der Waals surface area contributed by atoms with Gasteiger partial charge in [0, 0.05) is 11.3 Å². The van der Waals surface area contributed by atoms with E-state index in [0.717, 1.165) is 12.3 Å². The number of amides is 1. The Hall–Kier alpha value is -1.06. The summed E-state index contributed by atoms with van der Waals surface area (Å²) < 4.78 is 5.47. The summed E-state index contributed by atoms with van der Waals surface area (Å²) in [5.74, 6) is 0.512. The minimum atomic E-state index is -0.583. The highest BCUT2D eigenvalue weighted by Crippen LogP contribution is 2.37. The zero-order valence-corrected chi connectivity index (χ0v) is 12.6. The Morgan fingerprint density at radius 2 is 1.90 bits per heavy atom. The van der Waals surface area contributed by atoms with Crippen molar-refractivity contribution in [3.8, 4) is 0 Å². The number of hydrogen-bond donors (Lipinski definition) is 0. The van der Waals surface area contributed by atoms with Crippen molar-refractivity contribution in [3.05, 3.63) is 31.6 Å². The smallest absolute Gasteiger partial charge is 0.330 e. The van der Waals surface area contributed by atoms with E-state index in [0.29, 0.717) is 6.42 Å². The van der Waals surface area contributed by atoms with Crippen LogP contribution in [0.3, 0.4) is 0 Å². The summed E-state index contributed by atoms with van der Waals surface area (Å²) in [5, 5.41) is 0. The van der Waals surface area contributed by atoms with Gasteiger partial charge in [-0.05, 0) is 32.1 Å². The van der Waals surface area contributed by atoms with Crippen LogP contribution in [0.1, 0.15) is 40.5 Å². The lowest BCUT2D eigenvalue weighted by molar-refractivity contribution is -0.145. The molecule has 20 heavy (non-hydrogen) atoms. The largest absolute Gasteiger partial charge is 0.439 e. The predicted molar refractivity (Wildman–Crippen MR) is 75.3 cm³/mol. The Bertz CT molecular complexity index is 380. The van der Waals surface area contributed by atoms with E-state index in [1.165, 1.54) is 0 Å². The molecule has 1 heterocycles. The summed E-state index contributed by atoms with van der Waals surface area (Å²) >= 11 is 0. The van der Waals surface area contributed by atoms with Gasteiger partial charge in [0.05, 0.1) is 0 Å². The third kappa shape index (κ3) is 2.84. The molecule has 1 aliphatic carbocycles. The molecule has 1 aliphatic heterocycles. The maximum Gasteiger partial charge on any atom is 0.330 e. The van der Waals surface area contributed by atoms with E-state index in [9.17, 15) is 9.59 Å². The van der Waals surface area contributed by atoms with Crippen LogP contribution < -0.4 is 0 Å². The molecule has 0 spiro atoms. The van der Waals surface area contributed by atoms with Crippen molar-refractivity contribution in [1.29, 1.82) is 0 Å². The van der Waals surface area contributed by atoms with Gasteiger partial charge in [0.2, 0.25) is 5.91 Å². The van der Waals surface area contributed by atoms with Crippen LogP contribution in [0, 0.1) is 37.0 Å². The zero-order chi connectivity index (χ0) is 14.9. The molecule has 2 atom stereocenters. The highest BCUT2D eigenvalue weighted by Gasteiger charge is 2.50. The summed E-state index contributed by atoms with van der Waals surface area (Å²) in [4.78, 5) is 26.4. The van der Waals surface area contributed by atoms with E-state index < -0.39 is 17.7 Å². The molecule has 1 amide bonds. The third-order valence-electron chi connectivity index (χ3n) is 3.50. The molecule has 0 aromatic carbocycles. The van der Waals surface area contributed by atoms with Gasteiger partial charge in [-0.25, -0.2) is 4.79 Å². The highest BCUT2D eigenvalue weighted by atomic mass is 16.6. The first-order valence-electron chi connectivity index (χ1n) is 7.11. The summed E-state index contributed by atoms with van der Waals surface area (Å²) in [6, 6.07) is -0.466. The van der Waals surface area contributed by atoms with Gasteiger partial charge in [-0.1, -0.05) is 34.1 Å². The fourth-order valence-corrected chi connectivity index (χ4v) is 2.47. The van der Waals surface area contributed by atoms with Gasteiger partial charge in [-0.3, -0.25) is 9.69 Å². The molecule has 0 unspecified atom stereocenters. The minimum absolute atomic E-state index is 0.0481.